The van der Waals surface area contributed by atoms with Gasteiger partial charge in [-0.05, 0) is 23.3 Å². The lowest BCUT2D eigenvalue weighted by Crippen LogP contribution is -1.86. The first kappa shape index (κ1) is 11.1. The zero-order chi connectivity index (χ0) is 12.1. The molecule has 0 bridgehead atoms. The Balaban J connectivity index is 2.05. The van der Waals surface area contributed by atoms with E-state index in [0.29, 0.717) is 0 Å². The van der Waals surface area contributed by atoms with E-state index in [-0.39, 0.29) is 0 Å². The summed E-state index contributed by atoms with van der Waals surface area (Å²) in [6, 6.07) is 11.3. The van der Waals surface area contributed by atoms with Crippen molar-refractivity contribution >= 4 is 6.08 Å². The molecule has 4 heteroatoms. The fourth-order valence-corrected chi connectivity index (χ4v) is 1.51. The molecule has 0 saturated heterocycles. The molecule has 0 N–H and O–H groups in total. The van der Waals surface area contributed by atoms with Crippen LogP contribution in [0.5, 0.6) is 0 Å². The minimum absolute atomic E-state index is 0.475. The monoisotopic (exact) mass is 229 g/mol. The van der Waals surface area contributed by atoms with Crippen LogP contribution >= 0.6 is 0 Å². The third kappa shape index (κ3) is 3.31. The van der Waals surface area contributed by atoms with Crippen molar-refractivity contribution in [3.63, 3.8) is 0 Å². The van der Waals surface area contributed by atoms with Crippen LogP contribution in [0.1, 0.15) is 16.9 Å². The summed E-state index contributed by atoms with van der Waals surface area (Å²) >= 11 is 0. The summed E-state index contributed by atoms with van der Waals surface area (Å²) in [6.45, 7) is 0. The fraction of sp³-hybridized carbons (Fsp3) is 0.0769. The molecule has 4 nitrogen and oxygen atoms in total. The SMILES string of the molecule is O=[N+]([O-])/C=C/c1ccc(Cc2ccco2)cc1. The zero-order valence-corrected chi connectivity index (χ0v) is 9.08. The third-order valence-electron chi connectivity index (χ3n) is 2.33. The van der Waals surface area contributed by atoms with Crippen molar-refractivity contribution in [2.75, 3.05) is 0 Å². The minimum atomic E-state index is -0.475. The molecule has 0 aliphatic heterocycles. The second-order valence-corrected chi connectivity index (χ2v) is 3.60. The molecule has 2 rings (SSSR count). The molecule has 1 aromatic heterocycles. The van der Waals surface area contributed by atoms with Crippen molar-refractivity contribution in [2.45, 2.75) is 6.42 Å². The van der Waals surface area contributed by atoms with Gasteiger partial charge in [-0.2, -0.15) is 0 Å². The quantitative estimate of drug-likeness (QED) is 0.597. The number of benzene rings is 1. The van der Waals surface area contributed by atoms with Gasteiger partial charge >= 0.3 is 0 Å². The molecular formula is C13H11NO3. The van der Waals surface area contributed by atoms with Gasteiger partial charge in [-0.3, -0.25) is 10.1 Å². The predicted octanol–water partition coefficient (Wildman–Crippen LogP) is 3.12. The summed E-state index contributed by atoms with van der Waals surface area (Å²) in [5.74, 6) is 0.901. The molecule has 0 radical (unpaired) electrons. The average molecular weight is 229 g/mol. The Morgan fingerprint density at radius 2 is 2.00 bits per heavy atom. The Kier molecular flexibility index (Phi) is 3.35. The molecule has 0 aliphatic rings. The first-order valence-corrected chi connectivity index (χ1v) is 5.17. The van der Waals surface area contributed by atoms with E-state index in [2.05, 4.69) is 0 Å². The Hall–Kier alpha value is -2.36. The van der Waals surface area contributed by atoms with Gasteiger partial charge in [-0.15, -0.1) is 0 Å². The lowest BCUT2D eigenvalue weighted by Gasteiger charge is -1.98. The van der Waals surface area contributed by atoms with Gasteiger partial charge in [0.25, 0.3) is 0 Å². The molecule has 0 saturated carbocycles. The molecule has 0 amide bonds. The molecular weight excluding hydrogens is 218 g/mol. The first-order chi connectivity index (χ1) is 8.24. The smallest absolute Gasteiger partial charge is 0.235 e. The van der Waals surface area contributed by atoms with Crippen LogP contribution in [-0.2, 0) is 6.42 Å². The standard InChI is InChI=1S/C13H11NO3/c15-14(16)8-7-11-3-5-12(6-4-11)10-13-2-1-9-17-13/h1-9H,10H2/b8-7+. The van der Waals surface area contributed by atoms with E-state index < -0.39 is 4.92 Å². The summed E-state index contributed by atoms with van der Waals surface area (Å²) in [5.41, 5.74) is 1.92. The predicted molar refractivity (Wildman–Crippen MR) is 64.0 cm³/mol. The number of nitro groups is 1. The highest BCUT2D eigenvalue weighted by Crippen LogP contribution is 2.12. The van der Waals surface area contributed by atoms with E-state index in [1.165, 1.54) is 6.08 Å². The van der Waals surface area contributed by atoms with Crippen LogP contribution in [0, 0.1) is 10.1 Å². The summed E-state index contributed by atoms with van der Waals surface area (Å²) in [4.78, 5) is 9.68. The van der Waals surface area contributed by atoms with Crippen LogP contribution < -0.4 is 0 Å². The van der Waals surface area contributed by atoms with Crippen LogP contribution in [0.15, 0.2) is 53.3 Å². The lowest BCUT2D eigenvalue weighted by atomic mass is 10.1. The van der Waals surface area contributed by atoms with Crippen LogP contribution in [0.3, 0.4) is 0 Å². The van der Waals surface area contributed by atoms with Crippen molar-refractivity contribution in [1.29, 1.82) is 0 Å². The average Bonchev–Trinajstić information content (AvgIpc) is 2.81. The van der Waals surface area contributed by atoms with E-state index in [1.54, 1.807) is 6.26 Å². The van der Waals surface area contributed by atoms with Crippen LogP contribution in [0.25, 0.3) is 6.08 Å². The van der Waals surface area contributed by atoms with Crippen LogP contribution in [0.4, 0.5) is 0 Å². The maximum absolute atomic E-state index is 10.2. The van der Waals surface area contributed by atoms with Crippen LogP contribution in [-0.4, -0.2) is 4.92 Å². The number of hydrogen-bond donors (Lipinski definition) is 0. The van der Waals surface area contributed by atoms with Crippen molar-refractivity contribution in [2.24, 2.45) is 0 Å². The maximum atomic E-state index is 10.2. The molecule has 0 fully saturated rings. The van der Waals surface area contributed by atoms with Gasteiger partial charge < -0.3 is 4.42 Å². The van der Waals surface area contributed by atoms with E-state index in [1.807, 2.05) is 36.4 Å². The highest BCUT2D eigenvalue weighted by atomic mass is 16.6. The molecule has 17 heavy (non-hydrogen) atoms. The Morgan fingerprint density at radius 1 is 1.24 bits per heavy atom. The number of furan rings is 1. The van der Waals surface area contributed by atoms with Gasteiger partial charge in [0.1, 0.15) is 5.76 Å². The second kappa shape index (κ2) is 5.12. The highest BCUT2D eigenvalue weighted by molar-refractivity contribution is 5.48. The van der Waals surface area contributed by atoms with Gasteiger partial charge in [-0.1, -0.05) is 24.3 Å². The van der Waals surface area contributed by atoms with Gasteiger partial charge in [-0.25, -0.2) is 0 Å². The normalized spacial score (nSPS) is 10.8. The number of hydrogen-bond acceptors (Lipinski definition) is 3. The minimum Gasteiger partial charge on any atom is -0.469 e. The highest BCUT2D eigenvalue weighted by Gasteiger charge is 1.98. The van der Waals surface area contributed by atoms with Gasteiger partial charge in [0.05, 0.1) is 11.2 Å². The molecule has 2 aromatic rings. The molecule has 0 unspecified atom stereocenters. The van der Waals surface area contributed by atoms with Crippen LogP contribution in [0.2, 0.25) is 0 Å². The molecule has 86 valence electrons. The van der Waals surface area contributed by atoms with Crippen molar-refractivity contribution < 1.29 is 9.34 Å². The summed E-state index contributed by atoms with van der Waals surface area (Å²) in [7, 11) is 0. The Morgan fingerprint density at radius 3 is 2.59 bits per heavy atom. The number of rotatable bonds is 4. The van der Waals surface area contributed by atoms with Crippen molar-refractivity contribution in [1.82, 2.24) is 0 Å². The van der Waals surface area contributed by atoms with E-state index in [9.17, 15) is 10.1 Å². The molecule has 0 spiro atoms. The van der Waals surface area contributed by atoms with E-state index in [4.69, 9.17) is 4.42 Å². The molecule has 0 aliphatic carbocycles. The zero-order valence-electron chi connectivity index (χ0n) is 9.08. The third-order valence-corrected chi connectivity index (χ3v) is 2.33. The van der Waals surface area contributed by atoms with Crippen molar-refractivity contribution in [3.05, 3.63) is 75.9 Å². The Labute approximate surface area is 98.3 Å². The molecule has 1 aromatic carbocycles. The van der Waals surface area contributed by atoms with E-state index >= 15 is 0 Å². The van der Waals surface area contributed by atoms with Gasteiger partial charge in [0, 0.05) is 12.5 Å². The van der Waals surface area contributed by atoms with Gasteiger partial charge in [0.15, 0.2) is 0 Å². The lowest BCUT2D eigenvalue weighted by molar-refractivity contribution is -0.400. The summed E-state index contributed by atoms with van der Waals surface area (Å²) in [5, 5.41) is 10.2. The topological polar surface area (TPSA) is 56.3 Å². The summed E-state index contributed by atoms with van der Waals surface area (Å²) in [6.07, 6.45) is 4.77. The fourth-order valence-electron chi connectivity index (χ4n) is 1.51. The second-order valence-electron chi connectivity index (χ2n) is 3.60. The number of nitrogens with zero attached hydrogens (tertiary/aromatic N) is 1. The van der Waals surface area contributed by atoms with Gasteiger partial charge in [0.2, 0.25) is 6.20 Å². The summed E-state index contributed by atoms with van der Waals surface area (Å²) < 4.78 is 5.24. The Bertz CT molecular complexity index is 512. The molecule has 1 heterocycles. The first-order valence-electron chi connectivity index (χ1n) is 5.17. The van der Waals surface area contributed by atoms with E-state index in [0.717, 1.165) is 29.5 Å². The maximum Gasteiger partial charge on any atom is 0.235 e. The molecule has 0 atom stereocenters. The largest absolute Gasteiger partial charge is 0.469 e. The van der Waals surface area contributed by atoms with Crippen molar-refractivity contribution in [3.8, 4) is 0 Å².